The number of rotatable bonds is 9. The number of allylic oxidation sites excluding steroid dienone is 3. The lowest BCUT2D eigenvalue weighted by molar-refractivity contribution is -0.137. The molecular weight excluding hydrogens is 464 g/mol. The Bertz CT molecular complexity index is 1170. The first kappa shape index (κ1) is 25.4. The molecule has 3 aromatic rings. The van der Waals surface area contributed by atoms with Crippen molar-refractivity contribution < 1.29 is 17.6 Å². The molecule has 0 bridgehead atoms. The molecule has 0 saturated carbocycles. The van der Waals surface area contributed by atoms with Gasteiger partial charge in [-0.15, -0.1) is 0 Å². The number of hydrogen-bond acceptors (Lipinski definition) is 2. The maximum Gasteiger partial charge on any atom is 0.416 e. The Kier molecular flexibility index (Phi) is 8.07. The van der Waals surface area contributed by atoms with Crippen LogP contribution in [0.4, 0.5) is 17.6 Å². The molecular formula is C27H23ClF4N2. The molecule has 1 unspecified atom stereocenters. The van der Waals surface area contributed by atoms with E-state index in [0.717, 1.165) is 17.7 Å². The first-order valence-electron chi connectivity index (χ1n) is 10.4. The normalized spacial score (nSPS) is 13.9. The van der Waals surface area contributed by atoms with Crippen LogP contribution in [0.1, 0.15) is 28.8 Å². The topological polar surface area (TPSA) is 24.9 Å². The van der Waals surface area contributed by atoms with E-state index in [2.05, 4.69) is 23.5 Å². The van der Waals surface area contributed by atoms with Crippen LogP contribution in [0.15, 0.2) is 104 Å². The lowest BCUT2D eigenvalue weighted by atomic mass is 9.79. The number of hydrogen-bond donors (Lipinski definition) is 1. The molecule has 1 atom stereocenters. The summed E-state index contributed by atoms with van der Waals surface area (Å²) in [5.41, 5.74) is -0.418. The third kappa shape index (κ3) is 6.01. The van der Waals surface area contributed by atoms with E-state index in [9.17, 15) is 17.6 Å². The third-order valence-corrected chi connectivity index (χ3v) is 5.61. The van der Waals surface area contributed by atoms with Gasteiger partial charge in [-0.05, 0) is 47.0 Å². The van der Waals surface area contributed by atoms with Gasteiger partial charge in [0.25, 0.3) is 0 Å². The van der Waals surface area contributed by atoms with Crippen molar-refractivity contribution in [2.75, 3.05) is 0 Å². The zero-order chi connectivity index (χ0) is 24.8. The largest absolute Gasteiger partial charge is 0.416 e. The van der Waals surface area contributed by atoms with Gasteiger partial charge in [0.05, 0.1) is 21.8 Å². The molecule has 1 heterocycles. The molecule has 0 fully saturated rings. The zero-order valence-corrected chi connectivity index (χ0v) is 19.0. The number of aromatic nitrogens is 1. The predicted octanol–water partition coefficient (Wildman–Crippen LogP) is 7.61. The highest BCUT2D eigenvalue weighted by Crippen LogP contribution is 2.39. The Hall–Kier alpha value is -3.22. The van der Waals surface area contributed by atoms with Gasteiger partial charge in [-0.3, -0.25) is 10.3 Å². The van der Waals surface area contributed by atoms with E-state index in [4.69, 9.17) is 11.6 Å². The summed E-state index contributed by atoms with van der Waals surface area (Å²) in [4.78, 5) is 4.42. The van der Waals surface area contributed by atoms with E-state index in [0.29, 0.717) is 22.4 Å². The Labute approximate surface area is 201 Å². The van der Waals surface area contributed by atoms with Crippen LogP contribution in [0.2, 0.25) is 5.02 Å². The van der Waals surface area contributed by atoms with Gasteiger partial charge in [-0.25, -0.2) is 4.39 Å². The number of nitrogens with one attached hydrogen (secondary N) is 1. The smallest absolute Gasteiger partial charge is 0.298 e. The summed E-state index contributed by atoms with van der Waals surface area (Å²) < 4.78 is 55.5. The fourth-order valence-corrected chi connectivity index (χ4v) is 3.84. The van der Waals surface area contributed by atoms with E-state index >= 15 is 0 Å². The van der Waals surface area contributed by atoms with Crippen LogP contribution in [0, 0.1) is 5.82 Å². The summed E-state index contributed by atoms with van der Waals surface area (Å²) in [6.07, 6.45) is 1.65. The maximum atomic E-state index is 14.6. The second-order valence-corrected chi connectivity index (χ2v) is 8.13. The molecule has 0 radical (unpaired) electrons. The van der Waals surface area contributed by atoms with Crippen molar-refractivity contribution in [3.05, 3.63) is 137 Å². The molecule has 7 heteroatoms. The van der Waals surface area contributed by atoms with Crippen LogP contribution in [0.5, 0.6) is 0 Å². The van der Waals surface area contributed by atoms with Crippen molar-refractivity contribution >= 4 is 11.6 Å². The van der Waals surface area contributed by atoms with E-state index < -0.39 is 23.1 Å². The van der Waals surface area contributed by atoms with Gasteiger partial charge in [-0.2, -0.15) is 13.2 Å². The van der Waals surface area contributed by atoms with Gasteiger partial charge in [-0.1, -0.05) is 73.3 Å². The Morgan fingerprint density at radius 1 is 1.00 bits per heavy atom. The molecule has 1 aromatic heterocycles. The zero-order valence-electron chi connectivity index (χ0n) is 18.2. The lowest BCUT2D eigenvalue weighted by Crippen LogP contribution is -2.44. The number of nitrogens with zero attached hydrogens (tertiary/aromatic N) is 1. The molecule has 3 rings (SSSR count). The minimum atomic E-state index is -4.73. The fraction of sp³-hybridized carbons (Fsp3) is 0.148. The predicted molar refractivity (Wildman–Crippen MR) is 128 cm³/mol. The van der Waals surface area contributed by atoms with E-state index in [1.54, 1.807) is 30.4 Å². The quantitative estimate of drug-likeness (QED) is 0.248. The van der Waals surface area contributed by atoms with Crippen LogP contribution >= 0.6 is 11.6 Å². The molecule has 0 aliphatic heterocycles. The highest BCUT2D eigenvalue weighted by atomic mass is 35.5. The van der Waals surface area contributed by atoms with E-state index in [1.165, 1.54) is 6.20 Å². The molecule has 0 aliphatic rings. The molecule has 176 valence electrons. The number of alkyl halides is 3. The molecule has 1 N–H and O–H groups in total. The summed E-state index contributed by atoms with van der Waals surface area (Å²) in [6.45, 7) is 7.80. The van der Waals surface area contributed by atoms with Crippen LogP contribution in [-0.2, 0) is 18.3 Å². The monoisotopic (exact) mass is 486 g/mol. The van der Waals surface area contributed by atoms with E-state index in [-0.39, 0.29) is 18.5 Å². The highest BCUT2D eigenvalue weighted by molar-refractivity contribution is 6.30. The standard InChI is InChI=1S/C27H23ClF4N2/c1-3-8-19(4-2)16-26(25-12-11-23(28)18-33-25,34-17-20-9-6-5-7-10-20)21-13-22(27(30,31)32)15-24(29)14-21/h3-15,18,34H,1-2,16-17H2/b19-8+. The maximum absolute atomic E-state index is 14.6. The summed E-state index contributed by atoms with van der Waals surface area (Å²) >= 11 is 6.04. The average molecular weight is 487 g/mol. The van der Waals surface area contributed by atoms with Crippen molar-refractivity contribution in [2.45, 2.75) is 24.7 Å². The number of halogens is 5. The van der Waals surface area contributed by atoms with Gasteiger partial charge in [0.1, 0.15) is 5.82 Å². The first-order chi connectivity index (χ1) is 16.2. The van der Waals surface area contributed by atoms with Crippen molar-refractivity contribution in [2.24, 2.45) is 0 Å². The minimum Gasteiger partial charge on any atom is -0.298 e. The first-order valence-corrected chi connectivity index (χ1v) is 10.8. The van der Waals surface area contributed by atoms with Crippen molar-refractivity contribution in [3.63, 3.8) is 0 Å². The molecule has 0 amide bonds. The molecule has 34 heavy (non-hydrogen) atoms. The summed E-state index contributed by atoms with van der Waals surface area (Å²) in [6, 6.07) is 15.1. The van der Waals surface area contributed by atoms with Crippen LogP contribution < -0.4 is 5.32 Å². The lowest BCUT2D eigenvalue weighted by Gasteiger charge is -2.36. The third-order valence-electron chi connectivity index (χ3n) is 5.38. The van der Waals surface area contributed by atoms with Gasteiger partial charge >= 0.3 is 6.18 Å². The number of benzene rings is 2. The van der Waals surface area contributed by atoms with Crippen LogP contribution in [-0.4, -0.2) is 4.98 Å². The van der Waals surface area contributed by atoms with Gasteiger partial charge in [0, 0.05) is 19.2 Å². The van der Waals surface area contributed by atoms with Crippen molar-refractivity contribution in [3.8, 4) is 0 Å². The molecule has 0 saturated heterocycles. The Balaban J connectivity index is 2.28. The summed E-state index contributed by atoms with van der Waals surface area (Å²) in [5.74, 6) is -1.00. The van der Waals surface area contributed by atoms with E-state index in [1.807, 2.05) is 30.3 Å². The van der Waals surface area contributed by atoms with Crippen molar-refractivity contribution in [1.29, 1.82) is 0 Å². The van der Waals surface area contributed by atoms with Gasteiger partial charge in [0.2, 0.25) is 0 Å². The summed E-state index contributed by atoms with van der Waals surface area (Å²) in [5, 5.41) is 3.73. The van der Waals surface area contributed by atoms with Gasteiger partial charge < -0.3 is 0 Å². The summed E-state index contributed by atoms with van der Waals surface area (Å²) in [7, 11) is 0. The minimum absolute atomic E-state index is 0.0717. The Morgan fingerprint density at radius 2 is 1.71 bits per heavy atom. The molecule has 0 aliphatic carbocycles. The Morgan fingerprint density at radius 3 is 2.29 bits per heavy atom. The number of pyridine rings is 1. The average Bonchev–Trinajstić information content (AvgIpc) is 2.81. The molecule has 2 nitrogen and oxygen atoms in total. The second-order valence-electron chi connectivity index (χ2n) is 7.69. The molecule has 0 spiro atoms. The van der Waals surface area contributed by atoms with Crippen LogP contribution in [0.3, 0.4) is 0 Å². The SMILES string of the molecule is C=C/C=C(\C=C)CC(NCc1ccccc1)(c1cc(F)cc(C(F)(F)F)c1)c1ccc(Cl)cn1. The fourth-order valence-electron chi connectivity index (χ4n) is 3.73. The van der Waals surface area contributed by atoms with Crippen LogP contribution in [0.25, 0.3) is 0 Å². The molecule has 2 aromatic carbocycles. The van der Waals surface area contributed by atoms with Gasteiger partial charge in [0.15, 0.2) is 0 Å². The second kappa shape index (κ2) is 10.8. The highest BCUT2D eigenvalue weighted by Gasteiger charge is 2.39. The van der Waals surface area contributed by atoms with Crippen molar-refractivity contribution in [1.82, 2.24) is 10.3 Å².